The topological polar surface area (TPSA) is 9.23 Å². The lowest BCUT2D eigenvalue weighted by Gasteiger charge is -2.54. The van der Waals surface area contributed by atoms with Crippen LogP contribution in [0.5, 0.6) is 0 Å². The molecule has 2 saturated carbocycles. The molecule has 0 amide bonds. The Balaban J connectivity index is 1.64. The third kappa shape index (κ3) is 3.19. The molecular formula is C23H26F6O. The molecule has 1 aromatic carbocycles. The highest BCUT2D eigenvalue weighted by Gasteiger charge is 2.62. The summed E-state index contributed by atoms with van der Waals surface area (Å²) in [5.74, 6) is -4.89. The normalized spacial score (nSPS) is 34.5. The molecule has 0 spiro atoms. The Hall–Kier alpha value is -1.50. The van der Waals surface area contributed by atoms with E-state index in [1.165, 1.54) is 6.92 Å². The van der Waals surface area contributed by atoms with E-state index in [0.29, 0.717) is 5.92 Å². The SMILES string of the molecule is Cc1ccc(C(F)(F)OC23CCC(C4CCC(C)CC4)(CC2)C(F)=C3F)c(F)c1F. The second kappa shape index (κ2) is 7.28. The summed E-state index contributed by atoms with van der Waals surface area (Å²) in [6.07, 6.45) is -0.613. The first-order valence-electron chi connectivity index (χ1n) is 10.6. The van der Waals surface area contributed by atoms with Crippen LogP contribution in [0.4, 0.5) is 26.3 Å². The van der Waals surface area contributed by atoms with E-state index in [2.05, 4.69) is 6.92 Å². The summed E-state index contributed by atoms with van der Waals surface area (Å²) in [4.78, 5) is 0. The van der Waals surface area contributed by atoms with Crippen LogP contribution in [0.1, 0.15) is 69.4 Å². The van der Waals surface area contributed by atoms with Crippen molar-refractivity contribution in [2.45, 2.75) is 76.9 Å². The maximum atomic E-state index is 15.3. The van der Waals surface area contributed by atoms with E-state index in [4.69, 9.17) is 4.74 Å². The minimum atomic E-state index is -4.30. The third-order valence-corrected chi connectivity index (χ3v) is 7.69. The van der Waals surface area contributed by atoms with Gasteiger partial charge < -0.3 is 4.74 Å². The van der Waals surface area contributed by atoms with E-state index in [1.807, 2.05) is 0 Å². The molecule has 0 radical (unpaired) electrons. The lowest BCUT2D eigenvalue weighted by molar-refractivity contribution is -0.315. The first kappa shape index (κ1) is 21.7. The molecule has 0 aliphatic heterocycles. The van der Waals surface area contributed by atoms with Crippen LogP contribution < -0.4 is 0 Å². The fourth-order valence-electron chi connectivity index (χ4n) is 5.68. The van der Waals surface area contributed by atoms with Gasteiger partial charge in [0.2, 0.25) is 0 Å². The molecule has 166 valence electrons. The lowest BCUT2D eigenvalue weighted by Crippen LogP contribution is -2.53. The van der Waals surface area contributed by atoms with Gasteiger partial charge >= 0.3 is 6.11 Å². The summed E-state index contributed by atoms with van der Waals surface area (Å²) in [5, 5.41) is 0. The maximum Gasteiger partial charge on any atom is 0.387 e. The van der Waals surface area contributed by atoms with Gasteiger partial charge in [-0.15, -0.1) is 0 Å². The van der Waals surface area contributed by atoms with Gasteiger partial charge in [0.05, 0.1) is 5.56 Å². The summed E-state index contributed by atoms with van der Waals surface area (Å²) in [6.45, 7) is 3.38. The number of fused-ring (bicyclic) bond motifs is 2. The molecule has 30 heavy (non-hydrogen) atoms. The van der Waals surface area contributed by atoms with Crippen molar-refractivity contribution in [2.24, 2.45) is 17.3 Å². The molecule has 0 aromatic heterocycles. The Morgan fingerprint density at radius 3 is 2.07 bits per heavy atom. The first-order valence-corrected chi connectivity index (χ1v) is 10.6. The summed E-state index contributed by atoms with van der Waals surface area (Å²) < 4.78 is 92.9. The molecule has 2 bridgehead atoms. The van der Waals surface area contributed by atoms with Crippen LogP contribution in [0.2, 0.25) is 0 Å². The quantitative estimate of drug-likeness (QED) is 0.445. The highest BCUT2D eigenvalue weighted by atomic mass is 19.3. The Labute approximate surface area is 172 Å². The number of halogens is 6. The summed E-state index contributed by atoms with van der Waals surface area (Å²) in [6, 6.07) is 1.73. The number of hydrogen-bond donors (Lipinski definition) is 0. The van der Waals surface area contributed by atoms with Gasteiger partial charge in [-0.25, -0.2) is 17.6 Å². The maximum absolute atomic E-state index is 15.3. The van der Waals surface area contributed by atoms with Crippen molar-refractivity contribution in [3.05, 3.63) is 46.5 Å². The van der Waals surface area contributed by atoms with E-state index >= 15 is 8.78 Å². The lowest BCUT2D eigenvalue weighted by atomic mass is 9.54. The molecule has 0 N–H and O–H groups in total. The predicted molar refractivity (Wildman–Crippen MR) is 100 cm³/mol. The van der Waals surface area contributed by atoms with Gasteiger partial charge in [-0.1, -0.05) is 25.8 Å². The number of allylic oxidation sites excluding steroid dienone is 1. The van der Waals surface area contributed by atoms with Crippen molar-refractivity contribution in [3.63, 3.8) is 0 Å². The monoisotopic (exact) mass is 432 g/mol. The van der Waals surface area contributed by atoms with Crippen LogP contribution in [0, 0.1) is 35.8 Å². The summed E-state index contributed by atoms with van der Waals surface area (Å²) >= 11 is 0. The molecular weight excluding hydrogens is 406 g/mol. The van der Waals surface area contributed by atoms with Gasteiger partial charge in [-0.05, 0) is 68.9 Å². The van der Waals surface area contributed by atoms with Crippen molar-refractivity contribution in [2.75, 3.05) is 0 Å². The predicted octanol–water partition coefficient (Wildman–Crippen LogP) is 7.63. The van der Waals surface area contributed by atoms with Crippen LogP contribution in [-0.4, -0.2) is 5.60 Å². The number of ether oxygens (including phenoxy) is 1. The Morgan fingerprint density at radius 1 is 0.867 bits per heavy atom. The standard InChI is InChI=1S/C23H26F6O/c1-13-3-6-15(7-4-13)21-9-11-22(12-10-21,20(27)19(21)26)30-23(28,29)16-8-5-14(2)17(24)18(16)25/h5,8,13,15H,3-4,6-7,9-12H2,1-2H3. The number of hydrogen-bond acceptors (Lipinski definition) is 1. The second-order valence-corrected chi connectivity index (χ2v) is 9.41. The molecule has 0 saturated heterocycles. The van der Waals surface area contributed by atoms with Crippen LogP contribution in [0.25, 0.3) is 0 Å². The number of alkyl halides is 2. The van der Waals surface area contributed by atoms with E-state index in [1.54, 1.807) is 0 Å². The Kier molecular flexibility index (Phi) is 5.27. The fraction of sp³-hybridized carbons (Fsp3) is 0.652. The minimum Gasteiger partial charge on any atom is -0.302 e. The fourth-order valence-corrected chi connectivity index (χ4v) is 5.68. The molecule has 5 rings (SSSR count). The van der Waals surface area contributed by atoms with E-state index in [0.717, 1.165) is 37.8 Å². The molecule has 0 atom stereocenters. The average molecular weight is 432 g/mol. The molecule has 0 unspecified atom stereocenters. The summed E-state index contributed by atoms with van der Waals surface area (Å²) in [7, 11) is 0. The van der Waals surface area contributed by atoms with Crippen molar-refractivity contribution >= 4 is 0 Å². The van der Waals surface area contributed by atoms with Gasteiger partial charge in [0, 0.05) is 5.41 Å². The van der Waals surface area contributed by atoms with E-state index in [9.17, 15) is 17.6 Å². The number of aryl methyl sites for hydroxylation is 1. The minimum absolute atomic E-state index is 0.0121. The highest BCUT2D eigenvalue weighted by Crippen LogP contribution is 2.64. The molecule has 1 aromatic rings. The molecule has 2 fully saturated rings. The van der Waals surface area contributed by atoms with E-state index in [-0.39, 0.29) is 37.2 Å². The van der Waals surface area contributed by atoms with Gasteiger partial charge in [0.15, 0.2) is 17.5 Å². The third-order valence-electron chi connectivity index (χ3n) is 7.69. The largest absolute Gasteiger partial charge is 0.387 e. The van der Waals surface area contributed by atoms with Gasteiger partial charge in [0.25, 0.3) is 0 Å². The van der Waals surface area contributed by atoms with Crippen LogP contribution in [0.15, 0.2) is 23.8 Å². The van der Waals surface area contributed by atoms with Crippen molar-refractivity contribution in [1.82, 2.24) is 0 Å². The van der Waals surface area contributed by atoms with Crippen molar-refractivity contribution in [1.29, 1.82) is 0 Å². The van der Waals surface area contributed by atoms with Gasteiger partial charge in [-0.3, -0.25) is 0 Å². The Morgan fingerprint density at radius 2 is 1.47 bits per heavy atom. The highest BCUT2D eigenvalue weighted by molar-refractivity contribution is 5.32. The molecule has 1 nitrogen and oxygen atoms in total. The van der Waals surface area contributed by atoms with Crippen molar-refractivity contribution < 1.29 is 31.1 Å². The Bertz CT molecular complexity index is 861. The molecule has 0 heterocycles. The van der Waals surface area contributed by atoms with Crippen LogP contribution >= 0.6 is 0 Å². The van der Waals surface area contributed by atoms with E-state index < -0.39 is 46.0 Å². The molecule has 7 heteroatoms. The zero-order valence-corrected chi connectivity index (χ0v) is 17.1. The first-order chi connectivity index (χ1) is 14.0. The smallest absolute Gasteiger partial charge is 0.302 e. The van der Waals surface area contributed by atoms with Crippen LogP contribution in [-0.2, 0) is 10.8 Å². The number of benzene rings is 1. The summed E-state index contributed by atoms with van der Waals surface area (Å²) in [5.41, 5.74) is -4.54. The average Bonchev–Trinajstić information content (AvgIpc) is 2.71. The van der Waals surface area contributed by atoms with Gasteiger partial charge in [0.1, 0.15) is 11.4 Å². The molecule has 4 aliphatic rings. The molecule has 4 aliphatic carbocycles. The van der Waals surface area contributed by atoms with Crippen LogP contribution in [0.3, 0.4) is 0 Å². The number of rotatable bonds is 4. The van der Waals surface area contributed by atoms with Crippen molar-refractivity contribution in [3.8, 4) is 0 Å². The second-order valence-electron chi connectivity index (χ2n) is 9.41. The zero-order chi connectivity index (χ0) is 21.9. The zero-order valence-electron chi connectivity index (χ0n) is 17.1. The van der Waals surface area contributed by atoms with Gasteiger partial charge in [-0.2, -0.15) is 8.78 Å².